The number of nitrogens with zero attached hydrogens (tertiary/aromatic N) is 1. The second-order valence-electron chi connectivity index (χ2n) is 12.7. The van der Waals surface area contributed by atoms with Crippen molar-refractivity contribution < 1.29 is 33.3 Å². The van der Waals surface area contributed by atoms with E-state index in [9.17, 15) is 19.1 Å². The average Bonchev–Trinajstić information content (AvgIpc) is 3.22. The highest BCUT2D eigenvalue weighted by Crippen LogP contribution is 2.42. The third kappa shape index (κ3) is 7.47. The Labute approximate surface area is 247 Å². The Morgan fingerprint density at radius 2 is 1.64 bits per heavy atom. The Bertz CT molecular complexity index is 1400. The van der Waals surface area contributed by atoms with Crippen LogP contribution in [0.1, 0.15) is 89.7 Å². The molecule has 1 aliphatic heterocycles. The molecular weight excluding hydrogens is 537 g/mol. The van der Waals surface area contributed by atoms with Crippen LogP contribution < -0.4 is 0 Å². The second-order valence-corrected chi connectivity index (χ2v) is 12.7. The number of hydrogen-bond donors (Lipinski definition) is 1. The normalized spacial score (nSPS) is 18.7. The molecule has 1 saturated heterocycles. The predicted molar refractivity (Wildman–Crippen MR) is 160 cm³/mol. The highest BCUT2D eigenvalue weighted by molar-refractivity contribution is 6.03. The summed E-state index contributed by atoms with van der Waals surface area (Å²) >= 11 is 0. The smallest absolute Gasteiger partial charge is 0.338 e. The Balaban J connectivity index is 1.75. The van der Waals surface area contributed by atoms with Gasteiger partial charge in [-0.25, -0.2) is 9.18 Å². The lowest BCUT2D eigenvalue weighted by Crippen LogP contribution is -2.46. The first-order chi connectivity index (χ1) is 19.6. The number of aromatic carboxylic acids is 1. The van der Waals surface area contributed by atoms with Crippen LogP contribution in [0, 0.1) is 5.82 Å². The largest absolute Gasteiger partial charge is 0.478 e. The summed E-state index contributed by atoms with van der Waals surface area (Å²) in [5.74, 6) is -2.72. The standard InChI is InChI=1S/C34H42FNO6/c1-21(2)30-29(32(38)39)28(22-11-9-8-10-12-22)31(23-13-15-24(35)16-14-23)36(30)18-17-25-19-26(41-34(6,7)40-25)20-27(37)42-33(3,4)5/h8-16,21,25-26H,17-20H2,1-7H3,(H,38,39)/t25-,26-/m1/s1. The molecule has 2 heterocycles. The van der Waals surface area contributed by atoms with Crippen molar-refractivity contribution in [3.8, 4) is 22.4 Å². The van der Waals surface area contributed by atoms with Crippen LogP contribution in [0.3, 0.4) is 0 Å². The first-order valence-electron chi connectivity index (χ1n) is 14.5. The predicted octanol–water partition coefficient (Wildman–Crippen LogP) is 7.81. The van der Waals surface area contributed by atoms with Gasteiger partial charge in [0.25, 0.3) is 0 Å². The molecule has 0 bridgehead atoms. The quantitative estimate of drug-likeness (QED) is 0.260. The molecule has 2 aromatic carbocycles. The zero-order valence-corrected chi connectivity index (χ0v) is 25.6. The van der Waals surface area contributed by atoms with Gasteiger partial charge < -0.3 is 23.9 Å². The van der Waals surface area contributed by atoms with Gasteiger partial charge in [0.15, 0.2) is 5.79 Å². The monoisotopic (exact) mass is 579 g/mol. The molecule has 3 aromatic rings. The zero-order chi connectivity index (χ0) is 30.8. The van der Waals surface area contributed by atoms with Gasteiger partial charge in [0.1, 0.15) is 11.4 Å². The topological polar surface area (TPSA) is 87.0 Å². The van der Waals surface area contributed by atoms with Crippen molar-refractivity contribution >= 4 is 11.9 Å². The maximum atomic E-state index is 14.0. The number of ether oxygens (including phenoxy) is 3. The zero-order valence-electron chi connectivity index (χ0n) is 25.6. The van der Waals surface area contributed by atoms with Crippen molar-refractivity contribution in [2.75, 3.05) is 0 Å². The lowest BCUT2D eigenvalue weighted by Gasteiger charge is -2.41. The van der Waals surface area contributed by atoms with E-state index in [2.05, 4.69) is 4.57 Å². The number of hydrogen-bond acceptors (Lipinski definition) is 5. The molecule has 1 aliphatic rings. The molecule has 0 spiro atoms. The Morgan fingerprint density at radius 1 is 1.02 bits per heavy atom. The van der Waals surface area contributed by atoms with Gasteiger partial charge in [-0.1, -0.05) is 44.2 Å². The van der Waals surface area contributed by atoms with E-state index < -0.39 is 17.4 Å². The lowest BCUT2D eigenvalue weighted by atomic mass is 9.95. The van der Waals surface area contributed by atoms with Crippen LogP contribution in [0.15, 0.2) is 54.6 Å². The van der Waals surface area contributed by atoms with Crippen LogP contribution in [-0.2, 0) is 25.5 Å². The van der Waals surface area contributed by atoms with E-state index in [0.717, 1.165) is 16.8 Å². The van der Waals surface area contributed by atoms with Gasteiger partial charge in [0.05, 0.1) is 29.9 Å². The number of carbonyl (C=O) groups excluding carboxylic acids is 1. The fraction of sp³-hybridized carbons (Fsp3) is 0.471. The van der Waals surface area contributed by atoms with Crippen LogP contribution in [0.25, 0.3) is 22.4 Å². The molecule has 0 amide bonds. The molecular formula is C34H42FNO6. The summed E-state index contributed by atoms with van der Waals surface area (Å²) in [6.07, 6.45) is 0.521. The summed E-state index contributed by atoms with van der Waals surface area (Å²) in [5, 5.41) is 10.5. The van der Waals surface area contributed by atoms with Crippen LogP contribution in [0.2, 0.25) is 0 Å². The molecule has 2 atom stereocenters. The number of benzene rings is 2. The van der Waals surface area contributed by atoms with Crippen LogP contribution >= 0.6 is 0 Å². The summed E-state index contributed by atoms with van der Waals surface area (Å²) < 4.78 is 33.9. The molecule has 4 rings (SSSR count). The highest BCUT2D eigenvalue weighted by atomic mass is 19.1. The van der Waals surface area contributed by atoms with E-state index in [1.807, 2.05) is 78.8 Å². The molecule has 8 heteroatoms. The number of carboxylic acids is 1. The van der Waals surface area contributed by atoms with E-state index in [1.54, 1.807) is 12.1 Å². The molecule has 7 nitrogen and oxygen atoms in total. The van der Waals surface area contributed by atoms with Gasteiger partial charge >= 0.3 is 11.9 Å². The van der Waals surface area contributed by atoms with E-state index in [0.29, 0.717) is 30.6 Å². The summed E-state index contributed by atoms with van der Waals surface area (Å²) in [4.78, 5) is 25.4. The summed E-state index contributed by atoms with van der Waals surface area (Å²) in [6, 6.07) is 15.6. The van der Waals surface area contributed by atoms with Gasteiger partial charge in [-0.05, 0) is 82.3 Å². The van der Waals surface area contributed by atoms with E-state index in [1.165, 1.54) is 12.1 Å². The van der Waals surface area contributed by atoms with Crippen molar-refractivity contribution in [2.24, 2.45) is 0 Å². The maximum Gasteiger partial charge on any atom is 0.338 e. The third-order valence-corrected chi connectivity index (χ3v) is 7.16. The van der Waals surface area contributed by atoms with E-state index in [-0.39, 0.29) is 41.9 Å². The summed E-state index contributed by atoms with van der Waals surface area (Å²) in [7, 11) is 0. The molecule has 42 heavy (non-hydrogen) atoms. The Hall–Kier alpha value is -3.49. The SMILES string of the molecule is CC(C)c1c(C(=O)O)c(-c2ccccc2)c(-c2ccc(F)cc2)n1CC[C@@H]1C[C@H](CC(=O)OC(C)(C)C)OC(C)(C)O1. The van der Waals surface area contributed by atoms with Gasteiger partial charge in [0.2, 0.25) is 0 Å². The van der Waals surface area contributed by atoms with Gasteiger partial charge in [-0.3, -0.25) is 4.79 Å². The minimum absolute atomic E-state index is 0.111. The molecule has 226 valence electrons. The first kappa shape index (κ1) is 31.4. The number of esters is 1. The van der Waals surface area contributed by atoms with Gasteiger partial charge in [-0.2, -0.15) is 0 Å². The summed E-state index contributed by atoms with van der Waals surface area (Å²) in [6.45, 7) is 13.6. The van der Waals surface area contributed by atoms with Crippen molar-refractivity contribution in [3.63, 3.8) is 0 Å². The maximum absolute atomic E-state index is 14.0. The number of carboxylic acid groups (broad SMARTS) is 1. The number of carbonyl (C=O) groups is 2. The van der Waals surface area contributed by atoms with Gasteiger partial charge in [-0.15, -0.1) is 0 Å². The molecule has 1 N–H and O–H groups in total. The Kier molecular flexibility index (Phi) is 9.28. The molecule has 0 unspecified atom stereocenters. The second kappa shape index (κ2) is 12.4. The van der Waals surface area contributed by atoms with E-state index >= 15 is 0 Å². The fourth-order valence-electron chi connectivity index (χ4n) is 5.84. The van der Waals surface area contributed by atoms with Crippen LogP contribution in [0.5, 0.6) is 0 Å². The highest BCUT2D eigenvalue weighted by Gasteiger charge is 2.38. The molecule has 0 aliphatic carbocycles. The lowest BCUT2D eigenvalue weighted by molar-refractivity contribution is -0.301. The van der Waals surface area contributed by atoms with E-state index in [4.69, 9.17) is 14.2 Å². The summed E-state index contributed by atoms with van der Waals surface area (Å²) in [5.41, 5.74) is 3.17. The number of aromatic nitrogens is 1. The molecule has 1 fully saturated rings. The fourth-order valence-corrected chi connectivity index (χ4v) is 5.84. The molecule has 1 aromatic heterocycles. The third-order valence-electron chi connectivity index (χ3n) is 7.16. The van der Waals surface area contributed by atoms with Crippen molar-refractivity contribution in [2.45, 2.75) is 104 Å². The van der Waals surface area contributed by atoms with Crippen molar-refractivity contribution in [1.29, 1.82) is 0 Å². The molecule has 0 saturated carbocycles. The van der Waals surface area contributed by atoms with Crippen molar-refractivity contribution in [1.82, 2.24) is 4.57 Å². The first-order valence-corrected chi connectivity index (χ1v) is 14.5. The minimum atomic E-state index is -1.01. The number of rotatable bonds is 9. The van der Waals surface area contributed by atoms with Crippen LogP contribution in [-0.4, -0.2) is 45.2 Å². The van der Waals surface area contributed by atoms with Crippen LogP contribution in [0.4, 0.5) is 4.39 Å². The minimum Gasteiger partial charge on any atom is -0.478 e. The Morgan fingerprint density at radius 3 is 2.21 bits per heavy atom. The number of halogens is 1. The average molecular weight is 580 g/mol. The molecule has 0 radical (unpaired) electrons. The van der Waals surface area contributed by atoms with Crippen molar-refractivity contribution in [3.05, 3.63) is 71.7 Å². The van der Waals surface area contributed by atoms with Gasteiger partial charge in [0, 0.05) is 24.2 Å².